The van der Waals surface area contributed by atoms with Crippen molar-refractivity contribution in [1.29, 1.82) is 0 Å². The molecule has 5 rings (SSSR count). The molecule has 2 heterocycles. The molecule has 2 aromatic carbocycles. The SMILES string of the molecule is COCCN1/C(=C\C=C2/CCCC(/C=C/C3=[N+](CCOC)c4c(C)cc(OC)cc4C3(C)C)=C2Cl)C(C)(C)c2cc(OC)cc(C)c21.FB(F)F.[F-]. The Morgan fingerprint density at radius 2 is 1.42 bits per heavy atom. The number of aryl methyl sites for hydroxylation is 2. The van der Waals surface area contributed by atoms with Crippen LogP contribution in [0.4, 0.5) is 24.3 Å². The van der Waals surface area contributed by atoms with Gasteiger partial charge in [-0.05, 0) is 99.6 Å². The Hall–Kier alpha value is -3.54. The van der Waals surface area contributed by atoms with Crippen molar-refractivity contribution < 1.29 is 41.2 Å². The van der Waals surface area contributed by atoms with Gasteiger partial charge in [0.05, 0.1) is 26.2 Å². The number of hydrogen-bond donors (Lipinski definition) is 0. The summed E-state index contributed by atoms with van der Waals surface area (Å²) >= 11 is 7.23. The largest absolute Gasteiger partial charge is 1.00 e. The molecule has 0 fully saturated rings. The summed E-state index contributed by atoms with van der Waals surface area (Å²) in [7, 11) is 3.32. The van der Waals surface area contributed by atoms with Crippen LogP contribution >= 0.6 is 11.6 Å². The molecule has 0 aromatic heterocycles. The van der Waals surface area contributed by atoms with Gasteiger partial charge in [-0.3, -0.25) is 12.9 Å². The zero-order chi connectivity index (χ0) is 37.7. The van der Waals surface area contributed by atoms with Crippen LogP contribution in [0.3, 0.4) is 0 Å². The summed E-state index contributed by atoms with van der Waals surface area (Å²) in [6, 6.07) is 8.60. The number of allylic oxidation sites excluding steroid dienone is 8. The summed E-state index contributed by atoms with van der Waals surface area (Å²) in [4.78, 5) is 2.41. The second-order valence-corrected chi connectivity index (χ2v) is 14.5. The van der Waals surface area contributed by atoms with Crippen LogP contribution in [0.5, 0.6) is 11.5 Å². The van der Waals surface area contributed by atoms with E-state index in [-0.39, 0.29) is 15.5 Å². The van der Waals surface area contributed by atoms with Crippen LogP contribution in [-0.4, -0.2) is 72.6 Å². The van der Waals surface area contributed by atoms with E-state index in [1.54, 1.807) is 28.4 Å². The molecule has 0 saturated heterocycles. The van der Waals surface area contributed by atoms with E-state index < -0.39 is 7.54 Å². The summed E-state index contributed by atoms with van der Waals surface area (Å²) in [6.45, 7) is 16.3. The third kappa shape index (κ3) is 8.80. The van der Waals surface area contributed by atoms with E-state index in [4.69, 9.17) is 30.5 Å². The molecular formula is C40H52BClF4N2O4. The van der Waals surface area contributed by atoms with Crippen molar-refractivity contribution in [3.05, 3.63) is 92.7 Å². The van der Waals surface area contributed by atoms with E-state index in [0.29, 0.717) is 13.2 Å². The molecule has 0 radical (unpaired) electrons. The third-order valence-electron chi connectivity index (χ3n) is 10.1. The smallest absolute Gasteiger partial charge is 0.762 e. The minimum atomic E-state index is -3.67. The quantitative estimate of drug-likeness (QED) is 0.145. The molecule has 2 aromatic rings. The van der Waals surface area contributed by atoms with Crippen molar-refractivity contribution in [3.63, 3.8) is 0 Å². The van der Waals surface area contributed by atoms with E-state index in [1.165, 1.54) is 56.2 Å². The molecule has 0 atom stereocenters. The molecule has 3 aliphatic rings. The Bertz CT molecular complexity index is 1770. The molecule has 0 amide bonds. The average molecular weight is 747 g/mol. The normalized spacial score (nSPS) is 18.8. The Balaban J connectivity index is 0.00000139. The number of methoxy groups -OCH3 is 4. The van der Waals surface area contributed by atoms with Gasteiger partial charge in [0.1, 0.15) is 18.1 Å². The monoisotopic (exact) mass is 746 g/mol. The van der Waals surface area contributed by atoms with Gasteiger partial charge in [0, 0.05) is 59.8 Å². The third-order valence-corrected chi connectivity index (χ3v) is 10.6. The lowest BCUT2D eigenvalue weighted by Crippen LogP contribution is -3.00. The van der Waals surface area contributed by atoms with Crippen LogP contribution < -0.4 is 19.1 Å². The Kier molecular flexibility index (Phi) is 14.8. The molecule has 52 heavy (non-hydrogen) atoms. The van der Waals surface area contributed by atoms with Gasteiger partial charge >= 0.3 is 7.54 Å². The molecule has 0 unspecified atom stereocenters. The molecule has 1 aliphatic carbocycles. The van der Waals surface area contributed by atoms with Crippen molar-refractivity contribution in [2.45, 2.75) is 71.6 Å². The topological polar surface area (TPSA) is 43.2 Å². The second kappa shape index (κ2) is 18.0. The van der Waals surface area contributed by atoms with Crippen LogP contribution in [0.15, 0.2) is 70.4 Å². The zero-order valence-electron chi connectivity index (χ0n) is 32.1. The number of anilines is 1. The first-order valence-corrected chi connectivity index (χ1v) is 17.7. The molecule has 12 heteroatoms. The molecule has 6 nitrogen and oxygen atoms in total. The number of fused-ring (bicyclic) bond motifs is 2. The predicted octanol–water partition coefficient (Wildman–Crippen LogP) is 6.71. The number of hydrogen-bond acceptors (Lipinski definition) is 5. The highest BCUT2D eigenvalue weighted by atomic mass is 35.5. The van der Waals surface area contributed by atoms with Gasteiger partial charge in [0.15, 0.2) is 12.3 Å². The fraction of sp³-hybridized carbons (Fsp3) is 0.475. The first-order valence-electron chi connectivity index (χ1n) is 17.3. The zero-order valence-corrected chi connectivity index (χ0v) is 32.8. The summed E-state index contributed by atoms with van der Waals surface area (Å²) < 4.78 is 53.8. The predicted molar refractivity (Wildman–Crippen MR) is 204 cm³/mol. The molecule has 2 aliphatic heterocycles. The van der Waals surface area contributed by atoms with E-state index in [1.807, 2.05) is 0 Å². The molecule has 284 valence electrons. The van der Waals surface area contributed by atoms with Crippen LogP contribution in [0, 0.1) is 13.8 Å². The highest BCUT2D eigenvalue weighted by Crippen LogP contribution is 2.51. The van der Waals surface area contributed by atoms with Crippen LogP contribution in [-0.2, 0) is 20.3 Å². The lowest BCUT2D eigenvalue weighted by molar-refractivity contribution is -0.442. The van der Waals surface area contributed by atoms with Crippen LogP contribution in [0.1, 0.15) is 69.2 Å². The van der Waals surface area contributed by atoms with Gasteiger partial charge in [-0.25, -0.2) is 0 Å². The van der Waals surface area contributed by atoms with Crippen molar-refractivity contribution >= 4 is 36.2 Å². The van der Waals surface area contributed by atoms with Crippen LogP contribution in [0.2, 0.25) is 0 Å². The van der Waals surface area contributed by atoms with Gasteiger partial charge in [0.2, 0.25) is 5.69 Å². The summed E-state index contributed by atoms with van der Waals surface area (Å²) in [5, 5.41) is 0.856. The summed E-state index contributed by atoms with van der Waals surface area (Å²) in [6.07, 6.45) is 12.0. The average Bonchev–Trinajstić information content (AvgIpc) is 3.43. The molecule has 0 N–H and O–H groups in total. The van der Waals surface area contributed by atoms with Gasteiger partial charge < -0.3 is 28.6 Å². The maximum absolute atomic E-state index is 9.67. The Labute approximate surface area is 312 Å². The number of ether oxygens (including phenoxy) is 4. The minimum Gasteiger partial charge on any atom is -1.00 e. The maximum atomic E-state index is 9.67. The van der Waals surface area contributed by atoms with Gasteiger partial charge in [-0.1, -0.05) is 37.6 Å². The van der Waals surface area contributed by atoms with Gasteiger partial charge in [0.25, 0.3) is 0 Å². The number of benzene rings is 2. The molecule has 0 spiro atoms. The number of rotatable bonds is 11. The molecule has 0 bridgehead atoms. The minimum absolute atomic E-state index is 0. The molecular weight excluding hydrogens is 695 g/mol. The Morgan fingerprint density at radius 3 is 2.02 bits per heavy atom. The van der Waals surface area contributed by atoms with Crippen LogP contribution in [0.25, 0.3) is 0 Å². The number of halogens is 5. The highest BCUT2D eigenvalue weighted by molar-refractivity contribution is 6.33. The highest BCUT2D eigenvalue weighted by Gasteiger charge is 2.46. The number of nitrogens with zero attached hydrogens (tertiary/aromatic N) is 2. The second-order valence-electron chi connectivity index (χ2n) is 14.1. The lowest BCUT2D eigenvalue weighted by atomic mass is 9.80. The van der Waals surface area contributed by atoms with E-state index in [9.17, 15) is 12.9 Å². The van der Waals surface area contributed by atoms with Crippen molar-refractivity contribution in [2.75, 3.05) is 59.6 Å². The maximum Gasteiger partial charge on any atom is 0.762 e. The fourth-order valence-corrected chi connectivity index (χ4v) is 7.90. The van der Waals surface area contributed by atoms with Crippen molar-refractivity contribution in [3.8, 4) is 11.5 Å². The summed E-state index contributed by atoms with van der Waals surface area (Å²) in [5.41, 5.74) is 11.8. The summed E-state index contributed by atoms with van der Waals surface area (Å²) in [5.74, 6) is 1.77. The van der Waals surface area contributed by atoms with E-state index >= 15 is 0 Å². The lowest BCUT2D eigenvalue weighted by Gasteiger charge is -2.27. The van der Waals surface area contributed by atoms with Gasteiger partial charge in [-0.15, -0.1) is 0 Å². The van der Waals surface area contributed by atoms with E-state index in [2.05, 4.69) is 99.6 Å². The van der Waals surface area contributed by atoms with Crippen molar-refractivity contribution in [1.82, 2.24) is 0 Å². The fourth-order valence-electron chi connectivity index (χ4n) is 7.58. The van der Waals surface area contributed by atoms with E-state index in [0.717, 1.165) is 48.9 Å². The standard InChI is InChI=1S/C40H52ClN2O4.BF3.FH/c1-26-22-30(46-9)24-32-37(26)42(18-20-44-7)34(39(32,3)4)16-14-28-12-11-13-29(36(28)41)15-17-35-40(5,6)33-25-31(47-10)23-27(2)38(33)43(35)19-21-45-8;2-1(3)4;/h14-17,22-25H,11-13,18-21H2,1-10H3;;1H/q+1;;/p-1. The first-order chi connectivity index (χ1) is 24.1. The van der Waals surface area contributed by atoms with Gasteiger partial charge in [-0.2, -0.15) is 4.58 Å². The van der Waals surface area contributed by atoms with Crippen molar-refractivity contribution in [2.24, 2.45) is 0 Å². The Morgan fingerprint density at radius 1 is 0.827 bits per heavy atom. The first kappa shape index (κ1) is 42.9. The molecule has 0 saturated carbocycles.